The van der Waals surface area contributed by atoms with Crippen LogP contribution in [0.3, 0.4) is 0 Å². The number of carbonyl (C=O) groups excluding carboxylic acids is 2. The summed E-state index contributed by atoms with van der Waals surface area (Å²) in [5.41, 5.74) is 3.29. The Kier molecular flexibility index (Phi) is 6.01. The Morgan fingerprint density at radius 3 is 2.42 bits per heavy atom. The van der Waals surface area contributed by atoms with Crippen LogP contribution < -0.4 is 19.9 Å². The maximum Gasteiger partial charge on any atom is 0.270 e. The molecule has 1 N–H and O–H groups in total. The van der Waals surface area contributed by atoms with Gasteiger partial charge in [-0.25, -0.2) is 0 Å². The molecule has 8 heteroatoms. The second-order valence-corrected chi connectivity index (χ2v) is 7.71. The maximum absolute atomic E-state index is 13.2. The van der Waals surface area contributed by atoms with Crippen LogP contribution in [-0.2, 0) is 14.3 Å². The van der Waals surface area contributed by atoms with Crippen molar-refractivity contribution in [1.29, 1.82) is 0 Å². The van der Waals surface area contributed by atoms with Gasteiger partial charge in [0, 0.05) is 30.4 Å². The average Bonchev–Trinajstić information content (AvgIpc) is 2.78. The van der Waals surface area contributed by atoms with Crippen molar-refractivity contribution in [2.45, 2.75) is 6.92 Å². The standard InChI is InChI=1S/C23H23N3O4S/c1-15-3-6-17(7-4-15)26-22(28)19(21(27)24-23(26)31)13-16-5-8-18(14-20(16)29-2)25-9-11-30-12-10-25/h3-8,13-14H,9-12H2,1-2H3,(H,24,27,31)/b19-13+. The summed E-state index contributed by atoms with van der Waals surface area (Å²) in [7, 11) is 1.57. The monoisotopic (exact) mass is 437 g/mol. The van der Waals surface area contributed by atoms with Gasteiger partial charge in [-0.2, -0.15) is 0 Å². The van der Waals surface area contributed by atoms with E-state index in [1.54, 1.807) is 25.3 Å². The first-order valence-electron chi connectivity index (χ1n) is 9.97. The lowest BCUT2D eigenvalue weighted by molar-refractivity contribution is -0.122. The van der Waals surface area contributed by atoms with Crippen LogP contribution in [0.15, 0.2) is 48.0 Å². The minimum atomic E-state index is -0.530. The normalized spacial score (nSPS) is 18.4. The van der Waals surface area contributed by atoms with E-state index in [1.165, 1.54) is 4.90 Å². The van der Waals surface area contributed by atoms with Crippen LogP contribution in [0, 0.1) is 6.92 Å². The Morgan fingerprint density at radius 2 is 1.74 bits per heavy atom. The van der Waals surface area contributed by atoms with Crippen molar-refractivity contribution in [2.75, 3.05) is 43.2 Å². The number of ether oxygens (including phenoxy) is 2. The number of benzene rings is 2. The van der Waals surface area contributed by atoms with Crippen molar-refractivity contribution in [1.82, 2.24) is 5.32 Å². The lowest BCUT2D eigenvalue weighted by atomic mass is 10.0. The highest BCUT2D eigenvalue weighted by Gasteiger charge is 2.34. The summed E-state index contributed by atoms with van der Waals surface area (Å²) in [6.45, 7) is 4.91. The molecule has 0 atom stereocenters. The predicted molar refractivity (Wildman–Crippen MR) is 123 cm³/mol. The SMILES string of the molecule is COc1cc(N2CCOCC2)ccc1/C=C1\C(=O)NC(=S)N(c2ccc(C)cc2)C1=O. The van der Waals surface area contributed by atoms with Crippen LogP contribution in [0.2, 0.25) is 0 Å². The minimum absolute atomic E-state index is 0.00778. The van der Waals surface area contributed by atoms with E-state index in [9.17, 15) is 9.59 Å². The molecule has 0 radical (unpaired) electrons. The van der Waals surface area contributed by atoms with E-state index in [0.29, 0.717) is 30.2 Å². The summed E-state index contributed by atoms with van der Waals surface area (Å²) in [5, 5.41) is 2.67. The van der Waals surface area contributed by atoms with Gasteiger partial charge < -0.3 is 14.4 Å². The number of carbonyl (C=O) groups is 2. The van der Waals surface area contributed by atoms with Gasteiger partial charge in [-0.1, -0.05) is 17.7 Å². The molecule has 160 valence electrons. The molecule has 0 spiro atoms. The molecule has 2 heterocycles. The number of hydrogen-bond donors (Lipinski definition) is 1. The third kappa shape index (κ3) is 4.30. The van der Waals surface area contributed by atoms with Gasteiger partial charge in [0.15, 0.2) is 5.11 Å². The summed E-state index contributed by atoms with van der Waals surface area (Å²) in [6, 6.07) is 13.1. The number of rotatable bonds is 4. The van der Waals surface area contributed by atoms with Crippen molar-refractivity contribution in [2.24, 2.45) is 0 Å². The molecular formula is C23H23N3O4S. The van der Waals surface area contributed by atoms with Crippen LogP contribution in [0.5, 0.6) is 5.75 Å². The van der Waals surface area contributed by atoms with Gasteiger partial charge in [-0.15, -0.1) is 0 Å². The zero-order valence-corrected chi connectivity index (χ0v) is 18.2. The van der Waals surface area contributed by atoms with Crippen molar-refractivity contribution in [3.8, 4) is 5.75 Å². The molecular weight excluding hydrogens is 414 g/mol. The first-order valence-corrected chi connectivity index (χ1v) is 10.4. The third-order valence-electron chi connectivity index (χ3n) is 5.29. The van der Waals surface area contributed by atoms with Crippen molar-refractivity contribution >= 4 is 46.6 Å². The van der Waals surface area contributed by atoms with Gasteiger partial charge in [0.05, 0.1) is 26.0 Å². The lowest BCUT2D eigenvalue weighted by Gasteiger charge is -2.30. The summed E-state index contributed by atoms with van der Waals surface area (Å²) >= 11 is 5.26. The molecule has 0 aliphatic carbocycles. The first kappa shape index (κ1) is 21.0. The number of nitrogens with one attached hydrogen (secondary N) is 1. The number of nitrogens with zero attached hydrogens (tertiary/aromatic N) is 2. The van der Waals surface area contributed by atoms with Crippen LogP contribution in [-0.4, -0.2) is 50.3 Å². The quantitative estimate of drug-likeness (QED) is 0.451. The fourth-order valence-corrected chi connectivity index (χ4v) is 3.86. The summed E-state index contributed by atoms with van der Waals surface area (Å²) in [5.74, 6) is -0.429. The zero-order valence-electron chi connectivity index (χ0n) is 17.4. The van der Waals surface area contributed by atoms with Gasteiger partial charge in [-0.05, 0) is 49.5 Å². The number of thiocarbonyl (C=S) groups is 1. The predicted octanol–water partition coefficient (Wildman–Crippen LogP) is 2.67. The van der Waals surface area contributed by atoms with Gasteiger partial charge in [0.1, 0.15) is 11.3 Å². The molecule has 0 unspecified atom stereocenters. The Labute approximate surface area is 186 Å². The molecule has 2 aliphatic heterocycles. The molecule has 2 aromatic carbocycles. The molecule has 7 nitrogen and oxygen atoms in total. The minimum Gasteiger partial charge on any atom is -0.496 e. The molecule has 0 aromatic heterocycles. The number of methoxy groups -OCH3 is 1. The summed E-state index contributed by atoms with van der Waals surface area (Å²) < 4.78 is 11.0. The van der Waals surface area contributed by atoms with Crippen molar-refractivity contribution < 1.29 is 19.1 Å². The van der Waals surface area contributed by atoms with Gasteiger partial charge >= 0.3 is 0 Å². The van der Waals surface area contributed by atoms with E-state index in [1.807, 2.05) is 37.3 Å². The Hall–Kier alpha value is -3.23. The molecule has 0 bridgehead atoms. The van der Waals surface area contributed by atoms with E-state index in [4.69, 9.17) is 21.7 Å². The van der Waals surface area contributed by atoms with Gasteiger partial charge in [0.25, 0.3) is 11.8 Å². The molecule has 0 saturated carbocycles. The van der Waals surface area contributed by atoms with Crippen molar-refractivity contribution in [3.63, 3.8) is 0 Å². The van der Waals surface area contributed by atoms with Crippen molar-refractivity contribution in [3.05, 3.63) is 59.2 Å². The fourth-order valence-electron chi connectivity index (χ4n) is 3.58. The number of anilines is 2. The lowest BCUT2D eigenvalue weighted by Crippen LogP contribution is -2.54. The molecule has 2 aromatic rings. The Balaban J connectivity index is 1.67. The molecule has 2 aliphatic rings. The highest BCUT2D eigenvalue weighted by Crippen LogP contribution is 2.29. The van der Waals surface area contributed by atoms with Crippen LogP contribution in [0.4, 0.5) is 11.4 Å². The molecule has 31 heavy (non-hydrogen) atoms. The smallest absolute Gasteiger partial charge is 0.270 e. The third-order valence-corrected chi connectivity index (χ3v) is 5.57. The van der Waals surface area contributed by atoms with E-state index in [-0.39, 0.29) is 10.7 Å². The topological polar surface area (TPSA) is 71.1 Å². The summed E-state index contributed by atoms with van der Waals surface area (Å²) in [6.07, 6.45) is 1.54. The van der Waals surface area contributed by atoms with E-state index < -0.39 is 11.8 Å². The van der Waals surface area contributed by atoms with E-state index in [2.05, 4.69) is 10.2 Å². The molecule has 2 saturated heterocycles. The number of amides is 2. The second-order valence-electron chi connectivity index (χ2n) is 7.32. The zero-order chi connectivity index (χ0) is 22.0. The summed E-state index contributed by atoms with van der Waals surface area (Å²) in [4.78, 5) is 29.3. The first-order chi connectivity index (χ1) is 15.0. The molecule has 2 fully saturated rings. The Morgan fingerprint density at radius 1 is 1.06 bits per heavy atom. The van der Waals surface area contributed by atoms with Gasteiger partial charge in [0.2, 0.25) is 0 Å². The maximum atomic E-state index is 13.2. The largest absolute Gasteiger partial charge is 0.496 e. The van der Waals surface area contributed by atoms with Crippen LogP contribution in [0.1, 0.15) is 11.1 Å². The highest BCUT2D eigenvalue weighted by molar-refractivity contribution is 7.80. The van der Waals surface area contributed by atoms with E-state index >= 15 is 0 Å². The Bertz CT molecular complexity index is 1060. The average molecular weight is 438 g/mol. The molecule has 4 rings (SSSR count). The van der Waals surface area contributed by atoms with Crippen LogP contribution >= 0.6 is 12.2 Å². The number of morpholine rings is 1. The number of hydrogen-bond acceptors (Lipinski definition) is 6. The number of aryl methyl sites for hydroxylation is 1. The highest BCUT2D eigenvalue weighted by atomic mass is 32.1. The van der Waals surface area contributed by atoms with Crippen LogP contribution in [0.25, 0.3) is 6.08 Å². The van der Waals surface area contributed by atoms with E-state index in [0.717, 1.165) is 24.3 Å². The fraction of sp³-hybridized carbons (Fsp3) is 0.261. The molecule has 2 amide bonds. The van der Waals surface area contributed by atoms with Gasteiger partial charge in [-0.3, -0.25) is 19.8 Å². The second kappa shape index (κ2) is 8.87.